The molecule has 0 fully saturated rings. The Labute approximate surface area is 113 Å². The largest absolute Gasteiger partial charge is 2.00 e. The average Bonchev–Trinajstić information content (AvgIpc) is 2.25. The van der Waals surface area contributed by atoms with Crippen LogP contribution in [0.15, 0.2) is 30.3 Å². The Hall–Kier alpha value is -0.130. The zero-order valence-electron chi connectivity index (χ0n) is 8.27. The summed E-state index contributed by atoms with van der Waals surface area (Å²) in [6, 6.07) is 8.30. The van der Waals surface area contributed by atoms with Crippen molar-refractivity contribution in [3.8, 4) is 0 Å². The molecule has 0 spiro atoms. The molecule has 0 amide bonds. The summed E-state index contributed by atoms with van der Waals surface area (Å²) in [6.45, 7) is 0. The Kier molecular flexibility index (Phi) is 21.3. The molecule has 14 heavy (non-hydrogen) atoms. The van der Waals surface area contributed by atoms with E-state index >= 15 is 0 Å². The monoisotopic (exact) mass is 224 g/mol. The number of aromatic carboxylic acids is 1. The van der Waals surface area contributed by atoms with Crippen LogP contribution in [0.4, 0.5) is 0 Å². The van der Waals surface area contributed by atoms with E-state index in [-0.39, 0.29) is 37.7 Å². The normalized spacial score (nSPS) is 6.57. The Morgan fingerprint density at radius 2 is 1.43 bits per heavy atom. The van der Waals surface area contributed by atoms with Crippen molar-refractivity contribution < 1.29 is 20.1 Å². The van der Waals surface area contributed by atoms with Crippen LogP contribution in [0.1, 0.15) is 10.4 Å². The fourth-order valence-electron chi connectivity index (χ4n) is 0.581. The number of carboxylic acid groups (broad SMARTS) is 1. The molecule has 0 saturated carbocycles. The summed E-state index contributed by atoms with van der Waals surface area (Å²) < 4.78 is 0. The summed E-state index contributed by atoms with van der Waals surface area (Å²) >= 11 is 0. The third-order valence-electron chi connectivity index (χ3n) is 1.02. The Balaban J connectivity index is -0.000000216. The standard InChI is InChI=1S/C7H6O2.2CH3O.Ca/c8-7(9)6-4-2-1-3-5-6;2*1-2;/h1-5H,(H,8,9);2*1H3;/q;2*-1;+2. The molecule has 0 aliphatic heterocycles. The van der Waals surface area contributed by atoms with Gasteiger partial charge in [-0.3, -0.25) is 0 Å². The number of benzene rings is 1. The van der Waals surface area contributed by atoms with Crippen LogP contribution in [-0.4, -0.2) is 63.0 Å². The van der Waals surface area contributed by atoms with Gasteiger partial charge in [-0.05, 0) is 12.1 Å². The van der Waals surface area contributed by atoms with E-state index < -0.39 is 5.97 Å². The van der Waals surface area contributed by atoms with Crippen molar-refractivity contribution >= 4 is 43.7 Å². The van der Waals surface area contributed by atoms with Crippen LogP contribution in [0.5, 0.6) is 0 Å². The summed E-state index contributed by atoms with van der Waals surface area (Å²) in [4.78, 5) is 10.2. The third-order valence-corrected chi connectivity index (χ3v) is 1.02. The maximum atomic E-state index is 10.2. The molecule has 0 aliphatic rings. The quantitative estimate of drug-likeness (QED) is 0.617. The SMILES string of the molecule is C[O-].C[O-].O=C(O)c1ccccc1.[Ca+2]. The number of rotatable bonds is 1. The first-order valence-corrected chi connectivity index (χ1v) is 3.40. The van der Waals surface area contributed by atoms with Gasteiger partial charge in [0.2, 0.25) is 0 Å². The molecule has 5 heteroatoms. The van der Waals surface area contributed by atoms with Gasteiger partial charge in [-0.25, -0.2) is 4.79 Å². The number of carboxylic acids is 1. The van der Waals surface area contributed by atoms with E-state index in [4.69, 9.17) is 15.3 Å². The van der Waals surface area contributed by atoms with Crippen molar-refractivity contribution in [2.45, 2.75) is 0 Å². The van der Waals surface area contributed by atoms with Crippen molar-refractivity contribution in [1.29, 1.82) is 0 Å². The molecule has 0 bridgehead atoms. The second kappa shape index (κ2) is 15.3. The Morgan fingerprint density at radius 1 is 1.07 bits per heavy atom. The van der Waals surface area contributed by atoms with Gasteiger partial charge in [0.1, 0.15) is 0 Å². The van der Waals surface area contributed by atoms with Crippen molar-refractivity contribution in [1.82, 2.24) is 0 Å². The van der Waals surface area contributed by atoms with Crippen LogP contribution in [0.2, 0.25) is 0 Å². The maximum Gasteiger partial charge on any atom is 2.00 e. The van der Waals surface area contributed by atoms with Crippen molar-refractivity contribution in [3.63, 3.8) is 0 Å². The smallest absolute Gasteiger partial charge is 0.857 e. The van der Waals surface area contributed by atoms with Gasteiger partial charge in [0.05, 0.1) is 5.56 Å². The fourth-order valence-corrected chi connectivity index (χ4v) is 0.581. The Bertz CT molecular complexity index is 213. The maximum absolute atomic E-state index is 10.2. The van der Waals surface area contributed by atoms with Gasteiger partial charge in [0, 0.05) is 0 Å². The zero-order chi connectivity index (χ0) is 10.7. The summed E-state index contributed by atoms with van der Waals surface area (Å²) in [7, 11) is 1.50. The van der Waals surface area contributed by atoms with Crippen molar-refractivity contribution in [2.24, 2.45) is 0 Å². The van der Waals surface area contributed by atoms with E-state index in [9.17, 15) is 4.79 Å². The molecule has 0 radical (unpaired) electrons. The third kappa shape index (κ3) is 9.95. The van der Waals surface area contributed by atoms with Gasteiger partial charge in [-0.2, -0.15) is 14.2 Å². The minimum atomic E-state index is -0.879. The van der Waals surface area contributed by atoms with Gasteiger partial charge >= 0.3 is 43.7 Å². The first-order valence-electron chi connectivity index (χ1n) is 3.40. The number of hydrogen-bond acceptors (Lipinski definition) is 3. The van der Waals surface area contributed by atoms with Gasteiger partial charge in [-0.15, -0.1) is 0 Å². The molecule has 4 nitrogen and oxygen atoms in total. The van der Waals surface area contributed by atoms with Crippen LogP contribution in [-0.2, 0) is 0 Å². The van der Waals surface area contributed by atoms with Gasteiger partial charge in [-0.1, -0.05) is 18.2 Å². The van der Waals surface area contributed by atoms with Crippen LogP contribution < -0.4 is 10.2 Å². The van der Waals surface area contributed by atoms with Gasteiger partial charge < -0.3 is 15.3 Å². The number of hydrogen-bond donors (Lipinski definition) is 1. The molecule has 1 rings (SSSR count). The summed E-state index contributed by atoms with van der Waals surface area (Å²) in [5.41, 5.74) is 0.331. The first-order chi connectivity index (χ1) is 6.30. The molecular formula is C9H12CaO4. The predicted octanol–water partition coefficient (Wildman–Crippen LogP) is -1.04. The predicted molar refractivity (Wildman–Crippen MR) is 51.0 cm³/mol. The number of carbonyl (C=O) groups is 1. The molecule has 1 N–H and O–H groups in total. The Morgan fingerprint density at radius 3 is 1.64 bits per heavy atom. The zero-order valence-corrected chi connectivity index (χ0v) is 10.5. The minimum absolute atomic E-state index is 0. The molecule has 0 aromatic heterocycles. The van der Waals surface area contributed by atoms with E-state index in [0.717, 1.165) is 14.2 Å². The molecule has 0 atom stereocenters. The second-order valence-corrected chi connectivity index (χ2v) is 1.67. The average molecular weight is 224 g/mol. The van der Waals surface area contributed by atoms with Crippen LogP contribution >= 0.6 is 0 Å². The minimum Gasteiger partial charge on any atom is -0.857 e. The molecular weight excluding hydrogens is 212 g/mol. The second-order valence-electron chi connectivity index (χ2n) is 1.67. The topological polar surface area (TPSA) is 83.4 Å². The molecule has 74 valence electrons. The summed E-state index contributed by atoms with van der Waals surface area (Å²) in [6.07, 6.45) is 0. The van der Waals surface area contributed by atoms with Gasteiger partial charge in [0.15, 0.2) is 0 Å². The fraction of sp³-hybridized carbons (Fsp3) is 0.222. The van der Waals surface area contributed by atoms with E-state index in [1.165, 1.54) is 0 Å². The van der Waals surface area contributed by atoms with Crippen LogP contribution in [0.25, 0.3) is 0 Å². The van der Waals surface area contributed by atoms with E-state index in [1.807, 2.05) is 0 Å². The molecule has 0 saturated heterocycles. The van der Waals surface area contributed by atoms with Crippen molar-refractivity contribution in [3.05, 3.63) is 35.9 Å². The van der Waals surface area contributed by atoms with Crippen LogP contribution in [0.3, 0.4) is 0 Å². The van der Waals surface area contributed by atoms with E-state index in [1.54, 1.807) is 30.3 Å². The van der Waals surface area contributed by atoms with E-state index in [0.29, 0.717) is 5.56 Å². The summed E-state index contributed by atoms with van der Waals surface area (Å²) in [5.74, 6) is -0.879. The molecule has 1 aromatic rings. The van der Waals surface area contributed by atoms with Gasteiger partial charge in [0.25, 0.3) is 0 Å². The van der Waals surface area contributed by atoms with Crippen molar-refractivity contribution in [2.75, 3.05) is 14.2 Å². The molecule has 0 heterocycles. The first kappa shape index (κ1) is 19.4. The van der Waals surface area contributed by atoms with E-state index in [2.05, 4.69) is 0 Å². The molecule has 0 unspecified atom stereocenters. The summed E-state index contributed by atoms with van der Waals surface area (Å²) in [5, 5.41) is 24.9. The van der Waals surface area contributed by atoms with Crippen LogP contribution in [0, 0.1) is 0 Å². The molecule has 1 aromatic carbocycles. The molecule has 0 aliphatic carbocycles.